The highest BCUT2D eigenvalue weighted by Crippen LogP contribution is 2.24. The summed E-state index contributed by atoms with van der Waals surface area (Å²) in [4.78, 5) is 15.4. The fourth-order valence-electron chi connectivity index (χ4n) is 2.32. The van der Waals surface area contributed by atoms with Crippen LogP contribution in [0.25, 0.3) is 11.2 Å². The van der Waals surface area contributed by atoms with Crippen molar-refractivity contribution in [2.24, 2.45) is 0 Å². The van der Waals surface area contributed by atoms with Gasteiger partial charge in [-0.05, 0) is 37.3 Å². The molecule has 0 atom stereocenters. The Kier molecular flexibility index (Phi) is 3.05. The third kappa shape index (κ3) is 2.26. The first-order valence-corrected chi connectivity index (χ1v) is 6.41. The number of hydrogen-bond donors (Lipinski definition) is 3. The highest BCUT2D eigenvalue weighted by atomic mass is 35.5. The van der Waals surface area contributed by atoms with Crippen LogP contribution in [-0.2, 0) is 0 Å². The minimum absolute atomic E-state index is 0.164. The maximum absolute atomic E-state index is 9.48. The first-order valence-electron chi connectivity index (χ1n) is 6.03. The largest absolute Gasteiger partial charge is 0.393 e. The Hall–Kier alpha value is -1.40. The molecular formula is C11H14ClN5O. The smallest absolute Gasteiger partial charge is 0.226 e. The van der Waals surface area contributed by atoms with E-state index in [9.17, 15) is 5.11 Å². The lowest BCUT2D eigenvalue weighted by Crippen LogP contribution is -2.28. The van der Waals surface area contributed by atoms with E-state index in [0.29, 0.717) is 23.0 Å². The van der Waals surface area contributed by atoms with Crippen LogP contribution in [-0.4, -0.2) is 37.2 Å². The Morgan fingerprint density at radius 1 is 1.28 bits per heavy atom. The van der Waals surface area contributed by atoms with Gasteiger partial charge in [0.25, 0.3) is 0 Å². The maximum atomic E-state index is 9.48. The number of nitrogens with zero attached hydrogens (tertiary/aromatic N) is 3. The number of fused-ring (bicyclic) bond motifs is 1. The van der Waals surface area contributed by atoms with Gasteiger partial charge in [-0.1, -0.05) is 0 Å². The van der Waals surface area contributed by atoms with Gasteiger partial charge in [0.05, 0.1) is 12.4 Å². The number of aromatic amines is 1. The molecule has 0 radical (unpaired) electrons. The van der Waals surface area contributed by atoms with Crippen molar-refractivity contribution in [3.8, 4) is 0 Å². The number of halogens is 1. The number of H-pyrrole nitrogens is 1. The predicted molar refractivity (Wildman–Crippen MR) is 68.6 cm³/mol. The zero-order valence-corrected chi connectivity index (χ0v) is 10.5. The van der Waals surface area contributed by atoms with Gasteiger partial charge in [0.1, 0.15) is 5.52 Å². The van der Waals surface area contributed by atoms with Crippen LogP contribution in [0.2, 0.25) is 5.28 Å². The molecule has 7 heteroatoms. The van der Waals surface area contributed by atoms with Gasteiger partial charge in [-0.15, -0.1) is 0 Å². The number of hydrogen-bond acceptors (Lipinski definition) is 5. The Morgan fingerprint density at radius 3 is 2.83 bits per heavy atom. The van der Waals surface area contributed by atoms with E-state index in [0.717, 1.165) is 25.7 Å². The number of rotatable bonds is 2. The van der Waals surface area contributed by atoms with Crippen LogP contribution < -0.4 is 5.32 Å². The molecule has 1 aliphatic rings. The first-order chi connectivity index (χ1) is 8.72. The van der Waals surface area contributed by atoms with E-state index in [4.69, 9.17) is 11.6 Å². The molecule has 3 N–H and O–H groups in total. The van der Waals surface area contributed by atoms with Gasteiger partial charge >= 0.3 is 0 Å². The molecule has 2 aromatic rings. The van der Waals surface area contributed by atoms with E-state index >= 15 is 0 Å². The van der Waals surface area contributed by atoms with Crippen molar-refractivity contribution in [3.05, 3.63) is 11.6 Å². The summed E-state index contributed by atoms with van der Waals surface area (Å²) in [7, 11) is 0. The van der Waals surface area contributed by atoms with Gasteiger partial charge in [0.2, 0.25) is 5.28 Å². The summed E-state index contributed by atoms with van der Waals surface area (Å²) in [5.74, 6) is 0.660. The van der Waals surface area contributed by atoms with E-state index in [1.807, 2.05) is 0 Å². The summed E-state index contributed by atoms with van der Waals surface area (Å²) in [5, 5.41) is 13.0. The SMILES string of the molecule is OC1CCC(Nc2nc(Cl)nc3[nH]cnc23)CC1. The van der Waals surface area contributed by atoms with E-state index in [1.54, 1.807) is 6.33 Å². The number of aliphatic hydroxyl groups excluding tert-OH is 1. The summed E-state index contributed by atoms with van der Waals surface area (Å²) < 4.78 is 0. The van der Waals surface area contributed by atoms with Crippen LogP contribution >= 0.6 is 11.6 Å². The lowest BCUT2D eigenvalue weighted by Gasteiger charge is -2.26. The summed E-state index contributed by atoms with van der Waals surface area (Å²) in [6, 6.07) is 0.305. The van der Waals surface area contributed by atoms with Crippen molar-refractivity contribution in [1.29, 1.82) is 0 Å². The summed E-state index contributed by atoms with van der Waals surface area (Å²) in [6.07, 6.45) is 4.90. The Morgan fingerprint density at radius 2 is 2.06 bits per heavy atom. The number of anilines is 1. The van der Waals surface area contributed by atoms with Crippen LogP contribution in [0.5, 0.6) is 0 Å². The summed E-state index contributed by atoms with van der Waals surface area (Å²) in [5.41, 5.74) is 1.33. The van der Waals surface area contributed by atoms with Crippen LogP contribution in [0, 0.1) is 0 Å². The molecule has 6 nitrogen and oxygen atoms in total. The van der Waals surface area contributed by atoms with E-state index in [-0.39, 0.29) is 11.4 Å². The molecule has 0 aromatic carbocycles. The minimum atomic E-state index is -0.164. The molecule has 96 valence electrons. The van der Waals surface area contributed by atoms with Crippen LogP contribution in [0.3, 0.4) is 0 Å². The summed E-state index contributed by atoms with van der Waals surface area (Å²) in [6.45, 7) is 0. The predicted octanol–water partition coefficient (Wildman–Crippen LogP) is 1.72. The van der Waals surface area contributed by atoms with Crippen molar-refractivity contribution in [1.82, 2.24) is 19.9 Å². The molecular weight excluding hydrogens is 254 g/mol. The van der Waals surface area contributed by atoms with Crippen LogP contribution in [0.4, 0.5) is 5.82 Å². The van der Waals surface area contributed by atoms with E-state index in [2.05, 4.69) is 25.3 Å². The van der Waals surface area contributed by atoms with Crippen molar-refractivity contribution in [2.45, 2.75) is 37.8 Å². The Labute approximate surface area is 109 Å². The lowest BCUT2D eigenvalue weighted by atomic mass is 9.93. The number of nitrogens with one attached hydrogen (secondary N) is 2. The highest BCUT2D eigenvalue weighted by Gasteiger charge is 2.21. The topological polar surface area (TPSA) is 86.7 Å². The molecule has 3 rings (SSSR count). The average Bonchev–Trinajstić information content (AvgIpc) is 2.80. The standard InChI is InChI=1S/C11H14ClN5O/c12-11-16-9-8(13-5-14-9)10(17-11)15-6-1-3-7(18)4-2-6/h5-7,18H,1-4H2,(H2,13,14,15,16,17). The lowest BCUT2D eigenvalue weighted by molar-refractivity contribution is 0.126. The second kappa shape index (κ2) is 4.70. The fourth-order valence-corrected chi connectivity index (χ4v) is 2.49. The third-order valence-electron chi connectivity index (χ3n) is 3.29. The normalized spacial score (nSPS) is 24.3. The monoisotopic (exact) mass is 267 g/mol. The van der Waals surface area contributed by atoms with E-state index < -0.39 is 0 Å². The van der Waals surface area contributed by atoms with Crippen molar-refractivity contribution < 1.29 is 5.11 Å². The highest BCUT2D eigenvalue weighted by molar-refractivity contribution is 6.28. The van der Waals surface area contributed by atoms with Crippen molar-refractivity contribution in [2.75, 3.05) is 5.32 Å². The summed E-state index contributed by atoms with van der Waals surface area (Å²) >= 11 is 5.87. The second-order valence-electron chi connectivity index (χ2n) is 4.59. The first kappa shape index (κ1) is 11.7. The van der Waals surface area contributed by atoms with Crippen molar-refractivity contribution in [3.63, 3.8) is 0 Å². The number of imidazole rings is 1. The Bertz CT molecular complexity index is 549. The van der Waals surface area contributed by atoms with E-state index in [1.165, 1.54) is 0 Å². The Balaban J connectivity index is 1.83. The van der Waals surface area contributed by atoms with Crippen LogP contribution in [0.15, 0.2) is 6.33 Å². The van der Waals surface area contributed by atoms with Gasteiger partial charge in [-0.25, -0.2) is 4.98 Å². The molecule has 0 spiro atoms. The maximum Gasteiger partial charge on any atom is 0.226 e. The molecule has 0 aliphatic heterocycles. The van der Waals surface area contributed by atoms with Gasteiger partial charge < -0.3 is 15.4 Å². The molecule has 1 fully saturated rings. The molecule has 18 heavy (non-hydrogen) atoms. The second-order valence-corrected chi connectivity index (χ2v) is 4.93. The zero-order valence-electron chi connectivity index (χ0n) is 9.73. The van der Waals surface area contributed by atoms with Crippen molar-refractivity contribution >= 4 is 28.6 Å². The average molecular weight is 268 g/mol. The van der Waals surface area contributed by atoms with Gasteiger partial charge in [0, 0.05) is 6.04 Å². The minimum Gasteiger partial charge on any atom is -0.393 e. The molecule has 0 unspecified atom stereocenters. The number of aliphatic hydroxyl groups is 1. The molecule has 0 bridgehead atoms. The molecule has 1 saturated carbocycles. The molecule has 2 heterocycles. The van der Waals surface area contributed by atoms with Crippen LogP contribution in [0.1, 0.15) is 25.7 Å². The fraction of sp³-hybridized carbons (Fsp3) is 0.545. The van der Waals surface area contributed by atoms with Gasteiger partial charge in [0.15, 0.2) is 11.5 Å². The molecule has 2 aromatic heterocycles. The quantitative estimate of drug-likeness (QED) is 0.721. The molecule has 0 saturated heterocycles. The zero-order chi connectivity index (χ0) is 12.5. The van der Waals surface area contributed by atoms with Gasteiger partial charge in [-0.2, -0.15) is 9.97 Å². The third-order valence-corrected chi connectivity index (χ3v) is 3.46. The number of aromatic nitrogens is 4. The van der Waals surface area contributed by atoms with Gasteiger partial charge in [-0.3, -0.25) is 0 Å². The molecule has 1 aliphatic carbocycles. The molecule has 0 amide bonds.